The van der Waals surface area contributed by atoms with E-state index in [0.717, 1.165) is 48.8 Å². The van der Waals surface area contributed by atoms with E-state index in [9.17, 15) is 4.79 Å². The van der Waals surface area contributed by atoms with Crippen LogP contribution in [0.3, 0.4) is 0 Å². The molecule has 1 aliphatic heterocycles. The lowest BCUT2D eigenvalue weighted by molar-refractivity contribution is -0.118. The van der Waals surface area contributed by atoms with Crippen LogP contribution in [0.5, 0.6) is 11.5 Å². The number of methoxy groups -OCH3 is 1. The van der Waals surface area contributed by atoms with Crippen LogP contribution in [0, 0.1) is 6.92 Å². The fraction of sp³-hybridized carbons (Fsp3) is 0.391. The van der Waals surface area contributed by atoms with Crippen molar-refractivity contribution in [3.8, 4) is 11.5 Å². The molecule has 6 nitrogen and oxygen atoms in total. The van der Waals surface area contributed by atoms with Gasteiger partial charge in [-0.15, -0.1) is 0 Å². The Bertz CT molecular complexity index is 997. The summed E-state index contributed by atoms with van der Waals surface area (Å²) >= 11 is 15.3. The molecule has 0 bridgehead atoms. The third-order valence-electron chi connectivity index (χ3n) is 5.40. The molecule has 1 saturated heterocycles. The van der Waals surface area contributed by atoms with Crippen molar-refractivity contribution in [3.05, 3.63) is 51.0 Å². The topological polar surface area (TPSA) is 54.0 Å². The first-order valence-corrected chi connectivity index (χ1v) is 12.0. The van der Waals surface area contributed by atoms with Gasteiger partial charge in [0.15, 0.2) is 18.1 Å². The lowest BCUT2D eigenvalue weighted by atomic mass is 10.1. The number of nitrogens with zero attached hydrogens (tertiary/aromatic N) is 2. The van der Waals surface area contributed by atoms with Crippen LogP contribution in [-0.4, -0.2) is 67.1 Å². The van der Waals surface area contributed by atoms with E-state index >= 15 is 0 Å². The van der Waals surface area contributed by atoms with Crippen molar-refractivity contribution in [2.75, 3.05) is 51.8 Å². The van der Waals surface area contributed by atoms with Crippen molar-refractivity contribution < 1.29 is 14.3 Å². The van der Waals surface area contributed by atoms with Crippen LogP contribution in [0.2, 0.25) is 5.02 Å². The number of aryl methyl sites for hydroxylation is 1. The fourth-order valence-corrected chi connectivity index (χ4v) is 4.52. The van der Waals surface area contributed by atoms with Crippen LogP contribution in [0.4, 0.5) is 5.69 Å². The Balaban J connectivity index is 1.68. The third kappa shape index (κ3) is 6.13. The first kappa shape index (κ1) is 24.8. The van der Waals surface area contributed by atoms with E-state index in [2.05, 4.69) is 38.0 Å². The number of carbonyl (C=O) groups excluding carboxylic acids is 1. The van der Waals surface area contributed by atoms with E-state index in [-0.39, 0.29) is 12.5 Å². The molecular weight excluding hydrogens is 514 g/mol. The number of anilines is 1. The Labute approximate surface area is 207 Å². The zero-order chi connectivity index (χ0) is 23.3. The van der Waals surface area contributed by atoms with Gasteiger partial charge in [0.1, 0.15) is 4.99 Å². The highest BCUT2D eigenvalue weighted by molar-refractivity contribution is 9.10. The van der Waals surface area contributed by atoms with Crippen LogP contribution in [0.25, 0.3) is 0 Å². The smallest absolute Gasteiger partial charge is 0.262 e. The van der Waals surface area contributed by atoms with Gasteiger partial charge in [0.25, 0.3) is 5.91 Å². The van der Waals surface area contributed by atoms with Crippen LogP contribution in [0.1, 0.15) is 18.1 Å². The predicted molar refractivity (Wildman–Crippen MR) is 136 cm³/mol. The van der Waals surface area contributed by atoms with Gasteiger partial charge in [0, 0.05) is 42.5 Å². The molecule has 2 aromatic rings. The molecule has 0 unspecified atom stereocenters. The summed E-state index contributed by atoms with van der Waals surface area (Å²) in [7, 11) is 1.57. The molecule has 1 fully saturated rings. The van der Waals surface area contributed by atoms with Gasteiger partial charge in [-0.25, -0.2) is 0 Å². The normalized spacial score (nSPS) is 14.2. The van der Waals surface area contributed by atoms with Gasteiger partial charge in [-0.3, -0.25) is 4.79 Å². The van der Waals surface area contributed by atoms with Gasteiger partial charge in [0.05, 0.1) is 11.6 Å². The largest absolute Gasteiger partial charge is 0.493 e. The molecule has 1 N–H and O–H groups in total. The minimum atomic E-state index is -0.294. The van der Waals surface area contributed by atoms with E-state index in [1.54, 1.807) is 19.2 Å². The van der Waals surface area contributed by atoms with Crippen molar-refractivity contribution in [2.24, 2.45) is 0 Å². The highest BCUT2D eigenvalue weighted by atomic mass is 79.9. The minimum Gasteiger partial charge on any atom is -0.493 e. The number of piperazine rings is 1. The summed E-state index contributed by atoms with van der Waals surface area (Å²) < 4.78 is 12.0. The van der Waals surface area contributed by atoms with E-state index in [1.807, 2.05) is 25.1 Å². The summed E-state index contributed by atoms with van der Waals surface area (Å²) in [6.45, 7) is 8.73. The number of nitrogens with one attached hydrogen (secondary N) is 1. The maximum atomic E-state index is 12.4. The number of halogens is 2. The monoisotopic (exact) mass is 539 g/mol. The molecule has 0 aromatic heterocycles. The molecule has 9 heteroatoms. The highest BCUT2D eigenvalue weighted by Gasteiger charge is 2.21. The Morgan fingerprint density at radius 3 is 2.59 bits per heavy atom. The fourth-order valence-electron chi connectivity index (χ4n) is 3.49. The second-order valence-corrected chi connectivity index (χ2v) is 9.19. The highest BCUT2D eigenvalue weighted by Crippen LogP contribution is 2.37. The molecule has 2 aromatic carbocycles. The lowest BCUT2D eigenvalue weighted by Crippen LogP contribution is -2.48. The van der Waals surface area contributed by atoms with E-state index < -0.39 is 0 Å². The van der Waals surface area contributed by atoms with Gasteiger partial charge in [0.2, 0.25) is 0 Å². The van der Waals surface area contributed by atoms with Gasteiger partial charge in [-0.2, -0.15) is 0 Å². The molecule has 1 aliphatic rings. The van der Waals surface area contributed by atoms with Gasteiger partial charge < -0.3 is 24.6 Å². The summed E-state index contributed by atoms with van der Waals surface area (Å²) in [6, 6.07) is 9.10. The van der Waals surface area contributed by atoms with Gasteiger partial charge in [-0.1, -0.05) is 36.8 Å². The molecule has 172 valence electrons. The summed E-state index contributed by atoms with van der Waals surface area (Å²) in [5.41, 5.74) is 2.44. The number of likely N-dealkylation sites (N-methyl/N-ethyl adjacent to an activating group) is 1. The number of thiocarbonyl (C=S) groups is 1. The van der Waals surface area contributed by atoms with Crippen molar-refractivity contribution in [1.82, 2.24) is 9.80 Å². The second-order valence-electron chi connectivity index (χ2n) is 7.51. The maximum Gasteiger partial charge on any atom is 0.262 e. The first-order valence-electron chi connectivity index (χ1n) is 10.4. The average Bonchev–Trinajstić information content (AvgIpc) is 2.79. The third-order valence-corrected chi connectivity index (χ3v) is 6.72. The molecule has 0 radical (unpaired) electrons. The molecule has 1 heterocycles. The summed E-state index contributed by atoms with van der Waals surface area (Å²) in [5.74, 6) is 0.668. The Kier molecular flexibility index (Phi) is 8.76. The van der Waals surface area contributed by atoms with Gasteiger partial charge in [-0.05, 0) is 59.2 Å². The van der Waals surface area contributed by atoms with Crippen LogP contribution >= 0.6 is 39.7 Å². The van der Waals surface area contributed by atoms with Crippen LogP contribution in [-0.2, 0) is 4.79 Å². The Morgan fingerprint density at radius 2 is 1.94 bits per heavy atom. The quantitative estimate of drug-likeness (QED) is 0.512. The molecule has 1 amide bonds. The number of amides is 1. The van der Waals surface area contributed by atoms with Crippen molar-refractivity contribution >= 4 is 56.3 Å². The van der Waals surface area contributed by atoms with Crippen molar-refractivity contribution in [2.45, 2.75) is 13.8 Å². The number of ether oxygens (including phenoxy) is 2. The predicted octanol–water partition coefficient (Wildman–Crippen LogP) is 4.75. The Hall–Kier alpha value is -1.87. The summed E-state index contributed by atoms with van der Waals surface area (Å²) in [4.78, 5) is 17.8. The maximum absolute atomic E-state index is 12.4. The van der Waals surface area contributed by atoms with Gasteiger partial charge >= 0.3 is 0 Å². The zero-order valence-electron chi connectivity index (χ0n) is 18.4. The van der Waals surface area contributed by atoms with E-state index in [4.69, 9.17) is 33.3 Å². The summed E-state index contributed by atoms with van der Waals surface area (Å²) in [5, 5.41) is 3.38. The molecule has 0 spiro atoms. The zero-order valence-corrected chi connectivity index (χ0v) is 21.6. The van der Waals surface area contributed by atoms with Crippen molar-refractivity contribution in [3.63, 3.8) is 0 Å². The molecule has 3 rings (SSSR count). The molecule has 0 saturated carbocycles. The molecule has 32 heavy (non-hydrogen) atoms. The average molecular weight is 541 g/mol. The summed E-state index contributed by atoms with van der Waals surface area (Å²) in [6.07, 6.45) is 0. The van der Waals surface area contributed by atoms with Crippen LogP contribution < -0.4 is 14.8 Å². The van der Waals surface area contributed by atoms with E-state index in [0.29, 0.717) is 26.7 Å². The second kappa shape index (κ2) is 11.3. The lowest BCUT2D eigenvalue weighted by Gasteiger charge is -2.35. The standard InChI is InChI=1S/C23H27BrClN3O3S/c1-4-27-7-9-28(10-8-27)23(32)16-11-18(24)22(20(12-16)30-3)31-14-21(29)26-19-13-17(25)6-5-15(19)2/h5-6,11-13H,4,7-10,14H2,1-3H3,(H,26,29). The number of hydrogen-bond acceptors (Lipinski definition) is 5. The number of carbonyl (C=O) groups is 1. The minimum absolute atomic E-state index is 0.177. The molecule has 0 aliphatic carbocycles. The number of benzene rings is 2. The SMILES string of the molecule is CCN1CCN(C(=S)c2cc(Br)c(OCC(=O)Nc3cc(Cl)ccc3C)c(OC)c2)CC1. The van der Waals surface area contributed by atoms with Crippen LogP contribution in [0.15, 0.2) is 34.8 Å². The molecule has 0 atom stereocenters. The van der Waals surface area contributed by atoms with E-state index in [1.165, 1.54) is 0 Å². The number of hydrogen-bond donors (Lipinski definition) is 1. The Morgan fingerprint density at radius 1 is 1.22 bits per heavy atom. The first-order chi connectivity index (χ1) is 15.3. The molecular formula is C23H27BrClN3O3S. The number of rotatable bonds is 7. The van der Waals surface area contributed by atoms with Crippen molar-refractivity contribution in [1.29, 1.82) is 0 Å².